The van der Waals surface area contributed by atoms with Crippen molar-refractivity contribution in [2.45, 2.75) is 36.6 Å². The van der Waals surface area contributed by atoms with Crippen LogP contribution in [0.1, 0.15) is 41.7 Å². The van der Waals surface area contributed by atoms with Gasteiger partial charge in [-0.15, -0.1) is 0 Å². The van der Waals surface area contributed by atoms with E-state index < -0.39 is 23.7 Å². The number of para-hydroxylation sites is 1. The van der Waals surface area contributed by atoms with Crippen LogP contribution in [0.2, 0.25) is 0 Å². The summed E-state index contributed by atoms with van der Waals surface area (Å²) in [4.78, 5) is 29.2. The van der Waals surface area contributed by atoms with E-state index in [0.717, 1.165) is 21.9 Å². The van der Waals surface area contributed by atoms with E-state index in [0.29, 0.717) is 37.2 Å². The largest absolute Gasteiger partial charge is 0.453 e. The second kappa shape index (κ2) is 8.58. The number of hydrogen-bond donors (Lipinski definition) is 3. The van der Waals surface area contributed by atoms with Gasteiger partial charge in [-0.2, -0.15) is 0 Å². The van der Waals surface area contributed by atoms with Crippen molar-refractivity contribution in [2.75, 3.05) is 31.6 Å². The molecule has 3 unspecified atom stereocenters. The number of benzene rings is 3. The van der Waals surface area contributed by atoms with Crippen molar-refractivity contribution >= 4 is 28.5 Å². The van der Waals surface area contributed by atoms with E-state index in [2.05, 4.69) is 33.2 Å². The predicted octanol–water partition coefficient (Wildman–Crippen LogP) is 2.98. The van der Waals surface area contributed by atoms with Gasteiger partial charge in [0.15, 0.2) is 5.60 Å². The number of carbonyl (C=O) groups excluding carboxylic acids is 2. The minimum atomic E-state index is -1.85. The lowest BCUT2D eigenvalue weighted by Crippen LogP contribution is -2.53. The van der Waals surface area contributed by atoms with E-state index in [1.165, 1.54) is 7.11 Å². The molecule has 3 aromatic carbocycles. The summed E-state index contributed by atoms with van der Waals surface area (Å²) >= 11 is 0. The fourth-order valence-electron chi connectivity index (χ4n) is 6.31. The Morgan fingerprint density at radius 2 is 1.75 bits per heavy atom. The Kier molecular flexibility index (Phi) is 5.48. The van der Waals surface area contributed by atoms with Gasteiger partial charge in [0.2, 0.25) is 0 Å². The van der Waals surface area contributed by atoms with Crippen LogP contribution >= 0.6 is 0 Å². The first-order valence-corrected chi connectivity index (χ1v) is 12.3. The number of alkyl carbamates (subject to hydrolysis) is 1. The molecule has 2 aliphatic heterocycles. The van der Waals surface area contributed by atoms with Gasteiger partial charge in [-0.1, -0.05) is 54.6 Å². The first kappa shape index (κ1) is 23.0. The number of rotatable bonds is 4. The fourth-order valence-corrected chi connectivity index (χ4v) is 6.31. The maximum atomic E-state index is 13.6. The van der Waals surface area contributed by atoms with Crippen LogP contribution in [0, 0.1) is 0 Å². The average Bonchev–Trinajstić information content (AvgIpc) is 3.32. The molecule has 8 nitrogen and oxygen atoms in total. The third-order valence-corrected chi connectivity index (χ3v) is 8.02. The van der Waals surface area contributed by atoms with Crippen molar-refractivity contribution in [3.05, 3.63) is 77.4 Å². The number of carbonyl (C=O) groups is 2. The predicted molar refractivity (Wildman–Crippen MR) is 134 cm³/mol. The van der Waals surface area contributed by atoms with Crippen LogP contribution < -0.4 is 10.2 Å². The monoisotopic (exact) mass is 487 g/mol. The van der Waals surface area contributed by atoms with Crippen LogP contribution in [-0.4, -0.2) is 59.9 Å². The Morgan fingerprint density at radius 3 is 2.47 bits per heavy atom. The zero-order valence-electron chi connectivity index (χ0n) is 20.1. The summed E-state index contributed by atoms with van der Waals surface area (Å²) in [6.07, 6.45) is 0.115. The van der Waals surface area contributed by atoms with E-state index in [9.17, 15) is 19.8 Å². The Balaban J connectivity index is 1.23. The number of methoxy groups -OCH3 is 1. The van der Waals surface area contributed by atoms with Gasteiger partial charge < -0.3 is 25.2 Å². The lowest BCUT2D eigenvalue weighted by Gasteiger charge is -2.41. The molecule has 0 spiro atoms. The molecule has 36 heavy (non-hydrogen) atoms. The quantitative estimate of drug-likeness (QED) is 0.523. The third kappa shape index (κ3) is 3.32. The van der Waals surface area contributed by atoms with Gasteiger partial charge in [-0.3, -0.25) is 9.69 Å². The summed E-state index contributed by atoms with van der Waals surface area (Å²) in [5, 5.41) is 27.4. The molecular weight excluding hydrogens is 458 g/mol. The van der Waals surface area contributed by atoms with Crippen LogP contribution in [0.4, 0.5) is 10.5 Å². The van der Waals surface area contributed by atoms with E-state index in [1.807, 2.05) is 30.3 Å². The number of anilines is 1. The van der Waals surface area contributed by atoms with E-state index >= 15 is 0 Å². The number of piperidine rings is 1. The van der Waals surface area contributed by atoms with Gasteiger partial charge in [0.25, 0.3) is 5.91 Å². The van der Waals surface area contributed by atoms with Crippen molar-refractivity contribution in [3.63, 3.8) is 0 Å². The molecule has 3 aliphatic rings. The van der Waals surface area contributed by atoms with Crippen molar-refractivity contribution in [1.82, 2.24) is 10.2 Å². The van der Waals surface area contributed by atoms with Crippen LogP contribution in [0.25, 0.3) is 10.8 Å². The second-order valence-corrected chi connectivity index (χ2v) is 9.85. The molecule has 2 heterocycles. The molecule has 186 valence electrons. The molecule has 1 aliphatic carbocycles. The molecule has 8 heteroatoms. The molecule has 3 aromatic rings. The Hall–Kier alpha value is -3.46. The normalized spacial score (nSPS) is 25.9. The fraction of sp³-hybridized carbons (Fsp3) is 0.357. The lowest BCUT2D eigenvalue weighted by atomic mass is 9.95. The smallest absolute Gasteiger partial charge is 0.406 e. The van der Waals surface area contributed by atoms with E-state index in [-0.39, 0.29) is 18.6 Å². The number of nitrogens with one attached hydrogen (secondary N) is 1. The van der Waals surface area contributed by atoms with Crippen LogP contribution in [0.5, 0.6) is 0 Å². The van der Waals surface area contributed by atoms with Gasteiger partial charge in [-0.25, -0.2) is 4.79 Å². The van der Waals surface area contributed by atoms with Crippen LogP contribution in [0.3, 0.4) is 0 Å². The zero-order valence-corrected chi connectivity index (χ0v) is 20.1. The number of nitrogens with zero attached hydrogens (tertiary/aromatic N) is 2. The van der Waals surface area contributed by atoms with Gasteiger partial charge in [0, 0.05) is 24.7 Å². The number of hydrogen-bond acceptors (Lipinski definition) is 6. The number of aliphatic hydroxyl groups excluding tert-OH is 1. The minimum absolute atomic E-state index is 0.0984. The molecule has 3 N–H and O–H groups in total. The molecule has 0 bridgehead atoms. The molecule has 6 rings (SSSR count). The maximum Gasteiger partial charge on any atom is 0.406 e. The highest BCUT2D eigenvalue weighted by Crippen LogP contribution is 2.48. The van der Waals surface area contributed by atoms with Crippen molar-refractivity contribution in [2.24, 2.45) is 0 Å². The number of aliphatic hydroxyl groups is 2. The van der Waals surface area contributed by atoms with E-state index in [1.54, 1.807) is 17.0 Å². The Bertz CT molecular complexity index is 1350. The Morgan fingerprint density at radius 1 is 1.06 bits per heavy atom. The molecule has 0 saturated carbocycles. The first-order valence-electron chi connectivity index (χ1n) is 12.3. The third-order valence-electron chi connectivity index (χ3n) is 8.02. The van der Waals surface area contributed by atoms with Gasteiger partial charge in [0.05, 0.1) is 31.5 Å². The highest BCUT2D eigenvalue weighted by Gasteiger charge is 2.52. The summed E-state index contributed by atoms with van der Waals surface area (Å²) in [6, 6.07) is 19.3. The molecule has 2 amide bonds. The summed E-state index contributed by atoms with van der Waals surface area (Å²) in [7, 11) is 1.24. The molecular formula is C28H29N3O5. The van der Waals surface area contributed by atoms with Gasteiger partial charge >= 0.3 is 6.09 Å². The summed E-state index contributed by atoms with van der Waals surface area (Å²) in [5.74, 6) is -0.434. The van der Waals surface area contributed by atoms with Gasteiger partial charge in [-0.05, 0) is 40.8 Å². The SMILES string of the molecule is COC(=O)NCC1(O)C(=O)N(C2CCN(C3c4cccc5cccc(c45)C3O)CC2)c2ccccc21. The summed E-state index contributed by atoms with van der Waals surface area (Å²) in [5.41, 5.74) is 1.44. The highest BCUT2D eigenvalue weighted by molar-refractivity contribution is 6.07. The minimum Gasteiger partial charge on any atom is -0.453 e. The molecule has 0 aromatic heterocycles. The lowest BCUT2D eigenvalue weighted by molar-refractivity contribution is -0.136. The molecule has 1 fully saturated rings. The van der Waals surface area contributed by atoms with Gasteiger partial charge in [0.1, 0.15) is 0 Å². The molecule has 0 radical (unpaired) electrons. The summed E-state index contributed by atoms with van der Waals surface area (Å²) in [6.45, 7) is 1.16. The molecule has 1 saturated heterocycles. The topological polar surface area (TPSA) is 102 Å². The number of fused-ring (bicyclic) bond motifs is 1. The Labute approximate surface area is 209 Å². The van der Waals surface area contributed by atoms with Crippen molar-refractivity contribution in [3.8, 4) is 0 Å². The molecule has 3 atom stereocenters. The number of amides is 2. The van der Waals surface area contributed by atoms with Crippen molar-refractivity contribution < 1.29 is 24.5 Å². The zero-order chi connectivity index (χ0) is 25.0. The van der Waals surface area contributed by atoms with Crippen LogP contribution in [-0.2, 0) is 15.1 Å². The van der Waals surface area contributed by atoms with E-state index in [4.69, 9.17) is 0 Å². The second-order valence-electron chi connectivity index (χ2n) is 9.85. The average molecular weight is 488 g/mol. The standard InChI is InChI=1S/C28H29N3O5/c1-36-27(34)29-16-28(35)21-10-2-3-11-22(21)31(26(28)33)18-12-14-30(15-13-18)24-19-8-4-6-17-7-5-9-20(23(17)19)25(24)32/h2-11,18,24-25,32,35H,12-16H2,1H3,(H,29,34). The van der Waals surface area contributed by atoms with Crippen molar-refractivity contribution in [1.29, 1.82) is 0 Å². The number of ether oxygens (including phenoxy) is 1. The summed E-state index contributed by atoms with van der Waals surface area (Å²) < 4.78 is 4.62. The maximum absolute atomic E-state index is 13.6. The highest BCUT2D eigenvalue weighted by atomic mass is 16.5. The number of likely N-dealkylation sites (tertiary alicyclic amines) is 1. The first-order chi connectivity index (χ1) is 17.4. The van der Waals surface area contributed by atoms with Crippen LogP contribution in [0.15, 0.2) is 60.7 Å².